The van der Waals surface area contributed by atoms with Gasteiger partial charge in [-0.25, -0.2) is 0 Å². The molecule has 23 heavy (non-hydrogen) atoms. The smallest absolute Gasteiger partial charge is 0.118 e. The Morgan fingerprint density at radius 2 is 2.09 bits per heavy atom. The Bertz CT molecular complexity index is 487. The topological polar surface area (TPSA) is 30.5 Å². The molecule has 2 fully saturated rings. The normalized spacial score (nSPS) is 31.7. The summed E-state index contributed by atoms with van der Waals surface area (Å²) >= 11 is 7.10. The molecule has 0 amide bonds. The highest BCUT2D eigenvalue weighted by Gasteiger charge is 2.41. The molecule has 2 aliphatic rings. The summed E-state index contributed by atoms with van der Waals surface area (Å²) in [5.74, 6) is 1.64. The van der Waals surface area contributed by atoms with Gasteiger partial charge < -0.3 is 14.8 Å². The molecule has 0 spiro atoms. The summed E-state index contributed by atoms with van der Waals surface area (Å²) in [5, 5.41) is 3.50. The summed E-state index contributed by atoms with van der Waals surface area (Å²) in [7, 11) is 1.69. The molecular weight excluding hydrogens is 310 g/mol. The average molecular weight is 338 g/mol. The molecule has 2 aliphatic heterocycles. The van der Waals surface area contributed by atoms with Crippen molar-refractivity contribution in [2.24, 2.45) is 5.92 Å². The lowest BCUT2D eigenvalue weighted by Gasteiger charge is -2.40. The predicted octanol–water partition coefficient (Wildman–Crippen LogP) is 4.09. The van der Waals surface area contributed by atoms with E-state index in [-0.39, 0.29) is 6.10 Å². The number of ether oxygens (including phenoxy) is 2. The van der Waals surface area contributed by atoms with Crippen molar-refractivity contribution < 1.29 is 9.47 Å². The molecule has 3 atom stereocenters. The third-order valence-corrected chi connectivity index (χ3v) is 5.97. The van der Waals surface area contributed by atoms with E-state index < -0.39 is 4.87 Å². The molecular formula is C19H28ClNO2. The quantitative estimate of drug-likeness (QED) is 0.821. The summed E-state index contributed by atoms with van der Waals surface area (Å²) in [4.78, 5) is -0.396. The first kappa shape index (κ1) is 17.1. The number of alkyl halides is 1. The molecule has 0 saturated carbocycles. The maximum Gasteiger partial charge on any atom is 0.118 e. The lowest BCUT2D eigenvalue weighted by molar-refractivity contribution is -0.0237. The molecule has 128 valence electrons. The zero-order valence-corrected chi connectivity index (χ0v) is 14.8. The third-order valence-electron chi connectivity index (χ3n) is 5.32. The summed E-state index contributed by atoms with van der Waals surface area (Å²) in [6.45, 7) is 3.14. The second-order valence-electron chi connectivity index (χ2n) is 6.84. The van der Waals surface area contributed by atoms with Crippen LogP contribution in [-0.2, 0) is 9.61 Å². The number of rotatable bonds is 5. The molecule has 0 aromatic heterocycles. The largest absolute Gasteiger partial charge is 0.497 e. The van der Waals surface area contributed by atoms with Crippen molar-refractivity contribution in [3.63, 3.8) is 0 Å². The average Bonchev–Trinajstić information content (AvgIpc) is 2.62. The second kappa shape index (κ2) is 7.87. The highest BCUT2D eigenvalue weighted by atomic mass is 35.5. The summed E-state index contributed by atoms with van der Waals surface area (Å²) in [6, 6.07) is 8.18. The molecule has 0 radical (unpaired) electrons. The van der Waals surface area contributed by atoms with E-state index in [4.69, 9.17) is 21.1 Å². The van der Waals surface area contributed by atoms with Crippen molar-refractivity contribution in [1.82, 2.24) is 5.32 Å². The Morgan fingerprint density at radius 3 is 2.78 bits per heavy atom. The highest BCUT2D eigenvalue weighted by Crippen LogP contribution is 2.44. The number of benzene rings is 1. The van der Waals surface area contributed by atoms with E-state index in [1.54, 1.807) is 7.11 Å². The Balaban J connectivity index is 1.68. The van der Waals surface area contributed by atoms with Gasteiger partial charge in [0.05, 0.1) is 18.1 Å². The van der Waals surface area contributed by atoms with Crippen LogP contribution in [0.5, 0.6) is 5.75 Å². The molecule has 0 bridgehead atoms. The zero-order valence-electron chi connectivity index (χ0n) is 14.0. The van der Waals surface area contributed by atoms with E-state index in [2.05, 4.69) is 17.4 Å². The van der Waals surface area contributed by atoms with Crippen LogP contribution >= 0.6 is 11.6 Å². The van der Waals surface area contributed by atoms with Crippen LogP contribution in [0.25, 0.3) is 0 Å². The minimum Gasteiger partial charge on any atom is -0.497 e. The Labute approximate surface area is 144 Å². The van der Waals surface area contributed by atoms with Crippen LogP contribution in [0, 0.1) is 5.92 Å². The minimum atomic E-state index is -0.396. The highest BCUT2D eigenvalue weighted by molar-refractivity contribution is 6.24. The van der Waals surface area contributed by atoms with Gasteiger partial charge in [-0.1, -0.05) is 12.1 Å². The van der Waals surface area contributed by atoms with E-state index in [9.17, 15) is 0 Å². The molecule has 3 nitrogen and oxygen atoms in total. The van der Waals surface area contributed by atoms with Gasteiger partial charge in [-0.3, -0.25) is 0 Å². The molecule has 2 saturated heterocycles. The van der Waals surface area contributed by atoms with Gasteiger partial charge in [0, 0.05) is 6.61 Å². The van der Waals surface area contributed by atoms with Gasteiger partial charge in [0.25, 0.3) is 0 Å². The van der Waals surface area contributed by atoms with Crippen LogP contribution in [0.1, 0.15) is 44.1 Å². The fourth-order valence-electron chi connectivity index (χ4n) is 3.92. The molecule has 0 aliphatic carbocycles. The van der Waals surface area contributed by atoms with Crippen LogP contribution < -0.4 is 10.1 Å². The van der Waals surface area contributed by atoms with E-state index in [1.807, 2.05) is 12.1 Å². The third kappa shape index (κ3) is 4.01. The maximum absolute atomic E-state index is 7.10. The molecule has 3 rings (SSSR count). The van der Waals surface area contributed by atoms with Gasteiger partial charge in [-0.15, -0.1) is 11.6 Å². The summed E-state index contributed by atoms with van der Waals surface area (Å²) in [5.41, 5.74) is 1.16. The maximum atomic E-state index is 7.10. The zero-order chi connectivity index (χ0) is 16.1. The number of piperidine rings is 1. The Hall–Kier alpha value is -0.770. The van der Waals surface area contributed by atoms with Crippen molar-refractivity contribution >= 4 is 11.6 Å². The molecule has 1 aromatic carbocycles. The van der Waals surface area contributed by atoms with Gasteiger partial charge in [0.1, 0.15) is 5.75 Å². The first-order valence-electron chi connectivity index (χ1n) is 8.88. The van der Waals surface area contributed by atoms with E-state index in [0.29, 0.717) is 0 Å². The van der Waals surface area contributed by atoms with Crippen LogP contribution in [0.3, 0.4) is 0 Å². The number of methoxy groups -OCH3 is 1. The molecule has 4 heteroatoms. The summed E-state index contributed by atoms with van der Waals surface area (Å²) in [6.07, 6.45) is 6.97. The van der Waals surface area contributed by atoms with Crippen molar-refractivity contribution in [2.75, 3.05) is 26.8 Å². The lowest BCUT2D eigenvalue weighted by atomic mass is 9.82. The summed E-state index contributed by atoms with van der Waals surface area (Å²) < 4.78 is 11.4. The second-order valence-corrected chi connectivity index (χ2v) is 7.52. The van der Waals surface area contributed by atoms with Gasteiger partial charge in [0.15, 0.2) is 0 Å². The van der Waals surface area contributed by atoms with Crippen LogP contribution in [0.4, 0.5) is 0 Å². The number of nitrogens with one attached hydrogen (secondary N) is 1. The molecule has 1 aromatic rings. The molecule has 2 heterocycles. The van der Waals surface area contributed by atoms with Gasteiger partial charge >= 0.3 is 0 Å². The van der Waals surface area contributed by atoms with Gasteiger partial charge in [-0.2, -0.15) is 0 Å². The van der Waals surface area contributed by atoms with Crippen LogP contribution in [-0.4, -0.2) is 32.9 Å². The van der Waals surface area contributed by atoms with Crippen molar-refractivity contribution in [3.05, 3.63) is 29.8 Å². The minimum absolute atomic E-state index is 0.105. The standard InChI is InChI=1S/C19H28ClNO2/c1-22-17-8-6-16(7-9-17)19(20)11-3-13-23-18(19)10-5-15-4-2-12-21-14-15/h6-9,15,18,21H,2-5,10-14H2,1H3/t15-,18?,19?/m0/s1. The Morgan fingerprint density at radius 1 is 1.26 bits per heavy atom. The SMILES string of the molecule is COc1ccc(C2(Cl)CCCOC2CC[C@@H]2CCCNC2)cc1. The van der Waals surface area contributed by atoms with Crippen LogP contribution in [0.15, 0.2) is 24.3 Å². The van der Waals surface area contributed by atoms with Crippen LogP contribution in [0.2, 0.25) is 0 Å². The molecule has 2 unspecified atom stereocenters. The van der Waals surface area contributed by atoms with E-state index in [0.717, 1.165) is 49.6 Å². The first-order valence-corrected chi connectivity index (χ1v) is 9.26. The van der Waals surface area contributed by atoms with Gasteiger partial charge in [-0.05, 0) is 75.2 Å². The number of hydrogen-bond acceptors (Lipinski definition) is 3. The van der Waals surface area contributed by atoms with Crippen molar-refractivity contribution in [1.29, 1.82) is 0 Å². The predicted molar refractivity (Wildman–Crippen MR) is 94.3 cm³/mol. The Kier molecular flexibility index (Phi) is 5.84. The van der Waals surface area contributed by atoms with Crippen molar-refractivity contribution in [2.45, 2.75) is 49.5 Å². The monoisotopic (exact) mass is 337 g/mol. The number of hydrogen-bond donors (Lipinski definition) is 1. The van der Waals surface area contributed by atoms with E-state index >= 15 is 0 Å². The van der Waals surface area contributed by atoms with Crippen molar-refractivity contribution in [3.8, 4) is 5.75 Å². The lowest BCUT2D eigenvalue weighted by Crippen LogP contribution is -2.41. The number of halogens is 1. The fraction of sp³-hybridized carbons (Fsp3) is 0.684. The van der Waals surface area contributed by atoms with Gasteiger partial charge in [0.2, 0.25) is 0 Å². The van der Waals surface area contributed by atoms with E-state index in [1.165, 1.54) is 25.8 Å². The first-order chi connectivity index (χ1) is 11.2. The molecule has 1 N–H and O–H groups in total. The fourth-order valence-corrected chi connectivity index (χ4v) is 4.35.